The van der Waals surface area contributed by atoms with E-state index >= 15 is 0 Å². The zero-order valence-corrected chi connectivity index (χ0v) is 13.7. The van der Waals surface area contributed by atoms with Crippen LogP contribution in [0, 0.1) is 0 Å². The monoisotopic (exact) mass is 314 g/mol. The predicted octanol–water partition coefficient (Wildman–Crippen LogP) is 6.35. The lowest BCUT2D eigenvalue weighted by Crippen LogP contribution is -1.86. The fourth-order valence-electron chi connectivity index (χ4n) is 2.66. The zero-order chi connectivity index (χ0) is 15.6. The minimum Gasteiger partial charge on any atom is -0.281 e. The van der Waals surface area contributed by atoms with E-state index in [2.05, 4.69) is 54.6 Å². The first-order chi connectivity index (χ1) is 10.8. The molecule has 0 bridgehead atoms. The first-order valence-electron chi connectivity index (χ1n) is 8.10. The van der Waals surface area contributed by atoms with Crippen LogP contribution in [0.5, 0.6) is 0 Å². The van der Waals surface area contributed by atoms with Gasteiger partial charge in [-0.05, 0) is 47.2 Å². The van der Waals surface area contributed by atoms with Crippen molar-refractivity contribution in [2.75, 3.05) is 0 Å². The van der Waals surface area contributed by atoms with Gasteiger partial charge in [-0.1, -0.05) is 73.9 Å². The summed E-state index contributed by atoms with van der Waals surface area (Å²) < 4.78 is 0. The number of hydrogen-bond donors (Lipinski definition) is 0. The number of fused-ring (bicyclic) bond motifs is 1. The van der Waals surface area contributed by atoms with E-state index in [-0.39, 0.29) is 5.24 Å². The van der Waals surface area contributed by atoms with Crippen molar-refractivity contribution in [2.24, 2.45) is 0 Å². The van der Waals surface area contributed by atoms with Gasteiger partial charge in [-0.25, -0.2) is 0 Å². The highest BCUT2D eigenvalue weighted by molar-refractivity contribution is 6.63. The molecular weight excluding hydrogens is 292 g/mol. The van der Waals surface area contributed by atoms with E-state index in [0.29, 0.717) is 6.42 Å². The fraction of sp³-hybridized carbons (Fsp3) is 0.350. The lowest BCUT2D eigenvalue weighted by Gasteiger charge is -2.02. The van der Waals surface area contributed by atoms with Crippen LogP contribution in [0.25, 0.3) is 16.8 Å². The molecule has 2 rings (SSSR count). The number of hydrogen-bond acceptors (Lipinski definition) is 1. The Morgan fingerprint density at radius 3 is 2.50 bits per heavy atom. The number of allylic oxidation sites excluding steroid dienone is 1. The van der Waals surface area contributed by atoms with Crippen LogP contribution in [0.2, 0.25) is 0 Å². The second-order valence-electron chi connectivity index (χ2n) is 5.63. The van der Waals surface area contributed by atoms with Gasteiger partial charge in [0.15, 0.2) is 0 Å². The normalized spacial score (nSPS) is 11.3. The number of benzene rings is 2. The third-order valence-electron chi connectivity index (χ3n) is 3.86. The van der Waals surface area contributed by atoms with Crippen LogP contribution in [0.15, 0.2) is 48.5 Å². The standard InChI is InChI=1S/C20H23ClO/c21-20(22)16-7-5-3-1-2-4-6-11-17-13-10-14-18-12-8-9-15-19(17)18/h6,8-15H,1-5,7,16H2. The molecule has 116 valence electrons. The molecule has 0 saturated carbocycles. The van der Waals surface area contributed by atoms with Crippen molar-refractivity contribution in [2.45, 2.75) is 44.9 Å². The summed E-state index contributed by atoms with van der Waals surface area (Å²) in [5, 5.41) is 2.39. The predicted molar refractivity (Wildman–Crippen MR) is 96.2 cm³/mol. The van der Waals surface area contributed by atoms with Crippen molar-refractivity contribution in [1.82, 2.24) is 0 Å². The maximum Gasteiger partial charge on any atom is 0.221 e. The molecule has 0 aliphatic carbocycles. The summed E-state index contributed by atoms with van der Waals surface area (Å²) in [4.78, 5) is 10.6. The number of carbonyl (C=O) groups excluding carboxylic acids is 1. The molecule has 0 amide bonds. The van der Waals surface area contributed by atoms with Gasteiger partial charge < -0.3 is 0 Å². The molecule has 0 aromatic heterocycles. The van der Waals surface area contributed by atoms with Gasteiger partial charge in [-0.2, -0.15) is 0 Å². The van der Waals surface area contributed by atoms with Gasteiger partial charge in [-0.15, -0.1) is 0 Å². The molecule has 0 heterocycles. The molecule has 0 aliphatic rings. The van der Waals surface area contributed by atoms with Crippen LogP contribution in [0.1, 0.15) is 50.5 Å². The maximum atomic E-state index is 10.6. The molecule has 2 aromatic rings. The van der Waals surface area contributed by atoms with E-state index in [1.54, 1.807) is 0 Å². The van der Waals surface area contributed by atoms with Crippen LogP contribution >= 0.6 is 11.6 Å². The summed E-state index contributed by atoms with van der Waals surface area (Å²) >= 11 is 5.31. The van der Waals surface area contributed by atoms with E-state index < -0.39 is 0 Å². The van der Waals surface area contributed by atoms with Crippen LogP contribution in [-0.2, 0) is 4.79 Å². The van der Waals surface area contributed by atoms with E-state index in [9.17, 15) is 4.79 Å². The molecule has 0 atom stereocenters. The second-order valence-corrected chi connectivity index (χ2v) is 6.05. The van der Waals surface area contributed by atoms with Gasteiger partial charge in [0.25, 0.3) is 0 Å². The Hall–Kier alpha value is -1.60. The Bertz CT molecular complexity index is 625. The first-order valence-corrected chi connectivity index (χ1v) is 8.48. The van der Waals surface area contributed by atoms with Gasteiger partial charge >= 0.3 is 0 Å². The Morgan fingerprint density at radius 2 is 1.64 bits per heavy atom. The smallest absolute Gasteiger partial charge is 0.221 e. The highest BCUT2D eigenvalue weighted by Crippen LogP contribution is 2.20. The number of unbranched alkanes of at least 4 members (excludes halogenated alkanes) is 5. The van der Waals surface area contributed by atoms with Crippen LogP contribution in [0.4, 0.5) is 0 Å². The lowest BCUT2D eigenvalue weighted by atomic mass is 10.0. The molecule has 2 aromatic carbocycles. The van der Waals surface area contributed by atoms with Crippen LogP contribution in [-0.4, -0.2) is 5.24 Å². The van der Waals surface area contributed by atoms with Crippen LogP contribution < -0.4 is 0 Å². The third kappa shape index (κ3) is 5.65. The molecule has 0 spiro atoms. The molecule has 0 N–H and O–H groups in total. The maximum absolute atomic E-state index is 10.6. The average Bonchev–Trinajstić information content (AvgIpc) is 2.53. The van der Waals surface area contributed by atoms with Crippen molar-refractivity contribution in [1.29, 1.82) is 0 Å². The average molecular weight is 315 g/mol. The van der Waals surface area contributed by atoms with Crippen molar-refractivity contribution >= 4 is 33.7 Å². The number of rotatable bonds is 9. The van der Waals surface area contributed by atoms with E-state index in [1.807, 2.05) is 0 Å². The highest BCUT2D eigenvalue weighted by atomic mass is 35.5. The van der Waals surface area contributed by atoms with Gasteiger partial charge in [0.05, 0.1) is 0 Å². The number of carbonyl (C=O) groups is 1. The van der Waals surface area contributed by atoms with E-state index in [4.69, 9.17) is 11.6 Å². The molecule has 0 fully saturated rings. The minimum atomic E-state index is -0.210. The highest BCUT2D eigenvalue weighted by Gasteiger charge is 1.97. The van der Waals surface area contributed by atoms with E-state index in [0.717, 1.165) is 19.3 Å². The minimum absolute atomic E-state index is 0.210. The fourth-order valence-corrected chi connectivity index (χ4v) is 2.80. The molecule has 0 radical (unpaired) electrons. The molecular formula is C20H23ClO. The topological polar surface area (TPSA) is 17.1 Å². The molecule has 2 heteroatoms. The first kappa shape index (κ1) is 16.8. The number of halogens is 1. The summed E-state index contributed by atoms with van der Waals surface area (Å²) in [5.74, 6) is 0. The van der Waals surface area contributed by atoms with E-state index in [1.165, 1.54) is 35.6 Å². The molecule has 22 heavy (non-hydrogen) atoms. The molecule has 0 aliphatic heterocycles. The molecule has 0 unspecified atom stereocenters. The quantitative estimate of drug-likeness (QED) is 0.389. The van der Waals surface area contributed by atoms with Gasteiger partial charge in [0, 0.05) is 6.42 Å². The third-order valence-corrected chi connectivity index (χ3v) is 4.05. The van der Waals surface area contributed by atoms with Crippen LogP contribution in [0.3, 0.4) is 0 Å². The summed E-state index contributed by atoms with van der Waals surface area (Å²) in [6, 6.07) is 14.9. The summed E-state index contributed by atoms with van der Waals surface area (Å²) in [6.07, 6.45) is 11.8. The van der Waals surface area contributed by atoms with Gasteiger partial charge in [-0.3, -0.25) is 4.79 Å². The Kier molecular flexibility index (Phi) is 7.18. The Balaban J connectivity index is 1.70. The van der Waals surface area contributed by atoms with Gasteiger partial charge in [0.2, 0.25) is 5.24 Å². The Labute approximate surface area is 138 Å². The molecule has 0 saturated heterocycles. The SMILES string of the molecule is O=C(Cl)CCCCCCCC=Cc1cccc2ccccc12. The van der Waals surface area contributed by atoms with Crippen molar-refractivity contribution in [3.8, 4) is 0 Å². The largest absolute Gasteiger partial charge is 0.281 e. The molecule has 1 nitrogen and oxygen atoms in total. The van der Waals surface area contributed by atoms with Crippen molar-refractivity contribution < 1.29 is 4.79 Å². The summed E-state index contributed by atoms with van der Waals surface area (Å²) in [7, 11) is 0. The second kappa shape index (κ2) is 9.42. The van der Waals surface area contributed by atoms with Crippen molar-refractivity contribution in [3.63, 3.8) is 0 Å². The Morgan fingerprint density at radius 1 is 0.909 bits per heavy atom. The van der Waals surface area contributed by atoms with Crippen molar-refractivity contribution in [3.05, 3.63) is 54.1 Å². The summed E-state index contributed by atoms with van der Waals surface area (Å²) in [6.45, 7) is 0. The lowest BCUT2D eigenvalue weighted by molar-refractivity contribution is -0.111. The van der Waals surface area contributed by atoms with Gasteiger partial charge in [0.1, 0.15) is 0 Å². The summed E-state index contributed by atoms with van der Waals surface area (Å²) in [5.41, 5.74) is 1.29. The zero-order valence-electron chi connectivity index (χ0n) is 12.9.